The van der Waals surface area contributed by atoms with E-state index in [0.717, 1.165) is 12.0 Å². The first-order valence-electron chi connectivity index (χ1n) is 17.5. The fourth-order valence-electron chi connectivity index (χ4n) is 5.44. The number of aliphatic hydroxyl groups is 1. The average Bonchev–Trinajstić information content (AvgIpc) is 3.15. The zero-order valence-electron chi connectivity index (χ0n) is 30.5. The summed E-state index contributed by atoms with van der Waals surface area (Å²) >= 11 is 0. The molecule has 0 aliphatic carbocycles. The van der Waals surface area contributed by atoms with E-state index in [4.69, 9.17) is 38.3 Å². The summed E-state index contributed by atoms with van der Waals surface area (Å²) in [6, 6.07) is 11.6. The van der Waals surface area contributed by atoms with Crippen LogP contribution in [0.1, 0.15) is 70.1 Å². The molecule has 0 spiro atoms. The molecule has 1 fully saturated rings. The second kappa shape index (κ2) is 21.2. The van der Waals surface area contributed by atoms with Crippen LogP contribution in [0, 0.1) is 5.41 Å². The van der Waals surface area contributed by atoms with E-state index < -0.39 is 41.2 Å². The van der Waals surface area contributed by atoms with Gasteiger partial charge in [-0.1, -0.05) is 39.0 Å². The number of amides is 1. The lowest BCUT2D eigenvalue weighted by Crippen LogP contribution is -2.53. The molecule has 13 heteroatoms. The third-order valence-corrected chi connectivity index (χ3v) is 8.82. The van der Waals surface area contributed by atoms with Crippen LogP contribution in [0.5, 0.6) is 17.2 Å². The van der Waals surface area contributed by atoms with Gasteiger partial charge < -0.3 is 43.2 Å². The maximum atomic E-state index is 13.9. The van der Waals surface area contributed by atoms with Gasteiger partial charge in [0.25, 0.3) is 5.91 Å². The van der Waals surface area contributed by atoms with Crippen LogP contribution in [-0.2, 0) is 44.5 Å². The molecule has 0 saturated carbocycles. The zero-order valence-corrected chi connectivity index (χ0v) is 30.5. The van der Waals surface area contributed by atoms with Gasteiger partial charge in [-0.05, 0) is 73.9 Å². The number of aliphatic hydroxyl groups excluding tert-OH is 1. The van der Waals surface area contributed by atoms with Crippen LogP contribution in [0.4, 0.5) is 0 Å². The maximum Gasteiger partial charge on any atom is 0.344 e. The number of carbonyl (C=O) groups excluding carboxylic acids is 4. The van der Waals surface area contributed by atoms with Crippen molar-refractivity contribution in [1.82, 2.24) is 4.90 Å². The van der Waals surface area contributed by atoms with E-state index in [9.17, 15) is 19.2 Å². The van der Waals surface area contributed by atoms with Crippen molar-refractivity contribution in [3.8, 4) is 17.2 Å². The first kappa shape index (κ1) is 41.2. The summed E-state index contributed by atoms with van der Waals surface area (Å²) < 4.78 is 38.3. The summed E-state index contributed by atoms with van der Waals surface area (Å²) in [5, 5.41) is 8.71. The SMILES string of the molecule is CCC(C)(C)C(=O)C(=O)N1CCCCC1C(=O)O[C@H](CCc1ccc(OC)c(OC)c1)c1cccc(OCC(=O)OCCOCCOCCO)c1. The van der Waals surface area contributed by atoms with E-state index in [0.29, 0.717) is 74.7 Å². The van der Waals surface area contributed by atoms with Crippen molar-refractivity contribution in [2.75, 3.05) is 67.0 Å². The number of benzene rings is 2. The number of rotatable bonds is 22. The van der Waals surface area contributed by atoms with Gasteiger partial charge in [0.15, 0.2) is 18.1 Å². The number of Topliss-reactive ketones (excluding diaryl/α,β-unsaturated/α-hetero) is 1. The Morgan fingerprint density at radius 3 is 2.35 bits per heavy atom. The molecule has 1 aliphatic heterocycles. The number of carbonyl (C=O) groups is 4. The summed E-state index contributed by atoms with van der Waals surface area (Å²) in [6.07, 6.45) is 2.42. The highest BCUT2D eigenvalue weighted by atomic mass is 16.6. The van der Waals surface area contributed by atoms with Gasteiger partial charge in [0, 0.05) is 12.0 Å². The molecule has 2 aromatic rings. The topological polar surface area (TPSA) is 156 Å². The Morgan fingerprint density at radius 1 is 0.922 bits per heavy atom. The molecule has 2 atom stereocenters. The molecular weight excluding hydrogens is 662 g/mol. The number of likely N-dealkylation sites (tertiary alicyclic amines) is 1. The Hall–Kier alpha value is -4.20. The number of methoxy groups -OCH3 is 2. The Balaban J connectivity index is 1.73. The quantitative estimate of drug-likeness (QED) is 0.105. The summed E-state index contributed by atoms with van der Waals surface area (Å²) in [5.41, 5.74) is 0.706. The molecule has 0 radical (unpaired) electrons. The Kier molecular flexibility index (Phi) is 17.2. The third-order valence-electron chi connectivity index (χ3n) is 8.82. The van der Waals surface area contributed by atoms with Gasteiger partial charge in [0.2, 0.25) is 5.78 Å². The lowest BCUT2D eigenvalue weighted by Gasteiger charge is -2.36. The van der Waals surface area contributed by atoms with Crippen molar-refractivity contribution in [3.05, 3.63) is 53.6 Å². The van der Waals surface area contributed by atoms with Crippen LogP contribution >= 0.6 is 0 Å². The molecule has 51 heavy (non-hydrogen) atoms. The second-order valence-electron chi connectivity index (χ2n) is 12.8. The predicted molar refractivity (Wildman–Crippen MR) is 187 cm³/mol. The van der Waals surface area contributed by atoms with Gasteiger partial charge >= 0.3 is 11.9 Å². The molecular formula is C38H53NO12. The van der Waals surface area contributed by atoms with Crippen LogP contribution in [0.25, 0.3) is 0 Å². The fraction of sp³-hybridized carbons (Fsp3) is 0.579. The van der Waals surface area contributed by atoms with Crippen LogP contribution in [0.15, 0.2) is 42.5 Å². The molecule has 1 saturated heterocycles. The molecule has 2 aromatic carbocycles. The van der Waals surface area contributed by atoms with Crippen LogP contribution in [0.2, 0.25) is 0 Å². The summed E-state index contributed by atoms with van der Waals surface area (Å²) in [5.74, 6) is -0.817. The van der Waals surface area contributed by atoms with Crippen LogP contribution < -0.4 is 14.2 Å². The molecule has 1 amide bonds. The van der Waals surface area contributed by atoms with Crippen LogP contribution in [-0.4, -0.2) is 107 Å². The van der Waals surface area contributed by atoms with Crippen LogP contribution in [0.3, 0.4) is 0 Å². The number of aryl methyl sites for hydroxylation is 1. The molecule has 1 heterocycles. The van der Waals surface area contributed by atoms with Gasteiger partial charge in [-0.15, -0.1) is 0 Å². The largest absolute Gasteiger partial charge is 0.493 e. The molecule has 0 aromatic heterocycles. The minimum atomic E-state index is -0.891. The first-order chi connectivity index (χ1) is 24.5. The third kappa shape index (κ3) is 12.8. The maximum absolute atomic E-state index is 13.9. The van der Waals surface area contributed by atoms with Gasteiger partial charge in [-0.2, -0.15) is 0 Å². The molecule has 13 nitrogen and oxygen atoms in total. The molecule has 0 bridgehead atoms. The first-order valence-corrected chi connectivity index (χ1v) is 17.5. The average molecular weight is 716 g/mol. The highest BCUT2D eigenvalue weighted by molar-refractivity contribution is 6.38. The van der Waals surface area contributed by atoms with E-state index >= 15 is 0 Å². The second-order valence-corrected chi connectivity index (χ2v) is 12.8. The van der Waals surface area contributed by atoms with E-state index in [-0.39, 0.29) is 33.0 Å². The zero-order chi connectivity index (χ0) is 37.2. The normalized spacial score (nSPS) is 15.1. The summed E-state index contributed by atoms with van der Waals surface area (Å²) in [6.45, 7) is 6.31. The molecule has 282 valence electrons. The Labute approximate surface area is 300 Å². The van der Waals surface area contributed by atoms with Crippen molar-refractivity contribution in [1.29, 1.82) is 0 Å². The minimum absolute atomic E-state index is 0.0403. The Morgan fingerprint density at radius 2 is 1.65 bits per heavy atom. The van der Waals surface area contributed by atoms with Crippen molar-refractivity contribution < 1.29 is 57.4 Å². The minimum Gasteiger partial charge on any atom is -0.493 e. The number of ketones is 1. The van der Waals surface area contributed by atoms with Crippen molar-refractivity contribution in [2.24, 2.45) is 5.41 Å². The van der Waals surface area contributed by atoms with Gasteiger partial charge in [0.05, 0.1) is 47.3 Å². The number of nitrogens with zero attached hydrogens (tertiary/aromatic N) is 1. The molecule has 3 rings (SSSR count). The van der Waals surface area contributed by atoms with E-state index in [1.807, 2.05) is 25.1 Å². The van der Waals surface area contributed by atoms with E-state index in [1.165, 1.54) is 4.90 Å². The summed E-state index contributed by atoms with van der Waals surface area (Å²) in [7, 11) is 3.12. The van der Waals surface area contributed by atoms with Crippen molar-refractivity contribution in [2.45, 2.75) is 71.4 Å². The summed E-state index contributed by atoms with van der Waals surface area (Å²) in [4.78, 5) is 54.0. The standard InChI is InChI=1S/C38H53NO12/c1-6-38(2,3)35(42)36(43)39-17-8-7-12-30(39)37(44)51-31(15-13-27-14-16-32(45-4)33(24-27)46-5)28-10-9-11-29(25-28)50-26-34(41)49-23-22-48-21-20-47-19-18-40/h9-11,14,16,24-25,30-31,40H,6-8,12-13,15,17-23,26H2,1-5H3/t30?,31-/m1/s1. The monoisotopic (exact) mass is 715 g/mol. The van der Waals surface area contributed by atoms with Crippen molar-refractivity contribution >= 4 is 23.6 Å². The molecule has 1 N–H and O–H groups in total. The lowest BCUT2D eigenvalue weighted by atomic mass is 9.84. The highest BCUT2D eigenvalue weighted by Crippen LogP contribution is 2.32. The van der Waals surface area contributed by atoms with Gasteiger partial charge in [0.1, 0.15) is 24.5 Å². The number of hydrogen-bond acceptors (Lipinski definition) is 12. The van der Waals surface area contributed by atoms with Gasteiger partial charge in [-0.25, -0.2) is 9.59 Å². The fourth-order valence-corrected chi connectivity index (χ4v) is 5.44. The van der Waals surface area contributed by atoms with Gasteiger partial charge in [-0.3, -0.25) is 9.59 Å². The number of hydrogen-bond donors (Lipinski definition) is 1. The number of ether oxygens (including phenoxy) is 7. The van der Waals surface area contributed by atoms with Crippen molar-refractivity contribution in [3.63, 3.8) is 0 Å². The number of piperidine rings is 1. The smallest absolute Gasteiger partial charge is 0.344 e. The predicted octanol–water partition coefficient (Wildman–Crippen LogP) is 4.25. The number of esters is 2. The lowest BCUT2D eigenvalue weighted by molar-refractivity contribution is -0.164. The van der Waals surface area contributed by atoms with E-state index in [1.54, 1.807) is 52.3 Å². The Bertz CT molecular complexity index is 1430. The molecule has 1 unspecified atom stereocenters. The highest BCUT2D eigenvalue weighted by Gasteiger charge is 2.41. The van der Waals surface area contributed by atoms with E-state index in [2.05, 4.69) is 0 Å². The molecule has 1 aliphatic rings.